The van der Waals surface area contributed by atoms with Crippen LogP contribution in [0.25, 0.3) is 0 Å². The van der Waals surface area contributed by atoms with E-state index in [0.29, 0.717) is 6.04 Å². The van der Waals surface area contributed by atoms with E-state index in [0.717, 1.165) is 49.4 Å². The Balaban J connectivity index is 0.000000587. The van der Waals surface area contributed by atoms with Gasteiger partial charge in [-0.15, -0.1) is 0 Å². The molecule has 3 atom stereocenters. The van der Waals surface area contributed by atoms with Gasteiger partial charge in [-0.3, -0.25) is 0 Å². The number of carboxylic acids is 1. The van der Waals surface area contributed by atoms with Crippen molar-refractivity contribution in [3.8, 4) is 11.5 Å². The van der Waals surface area contributed by atoms with Gasteiger partial charge in [0.25, 0.3) is 0 Å². The first-order valence-corrected chi connectivity index (χ1v) is 13.5. The van der Waals surface area contributed by atoms with Crippen LogP contribution >= 0.6 is 0 Å². The van der Waals surface area contributed by atoms with Gasteiger partial charge in [-0.25, -0.2) is 9.59 Å². The maximum atomic E-state index is 12.8. The number of likely N-dealkylation sites (tertiary alicyclic amines) is 1. The van der Waals surface area contributed by atoms with E-state index in [9.17, 15) is 18.0 Å². The zero-order valence-corrected chi connectivity index (χ0v) is 24.4. The van der Waals surface area contributed by atoms with Crippen LogP contribution in [-0.2, 0) is 15.6 Å². The summed E-state index contributed by atoms with van der Waals surface area (Å²) in [5.41, 5.74) is 3.55. The maximum Gasteiger partial charge on any atom is 0.490 e. The molecule has 2 aliphatic rings. The number of carbonyl (C=O) groups excluding carboxylic acids is 1. The number of ether oxygens (including phenoxy) is 2. The quantitative estimate of drug-likeness (QED) is 0.405. The van der Waals surface area contributed by atoms with E-state index in [1.165, 1.54) is 11.1 Å². The summed E-state index contributed by atoms with van der Waals surface area (Å²) in [5.74, 6) is -1.22. The molecule has 4 rings (SSSR count). The summed E-state index contributed by atoms with van der Waals surface area (Å²) < 4.78 is 42.8. The first-order valence-electron chi connectivity index (χ1n) is 13.5. The molecule has 2 amide bonds. The Morgan fingerprint density at radius 2 is 1.61 bits per heavy atom. The highest BCUT2D eigenvalue weighted by Crippen LogP contribution is 2.49. The average molecular weight is 580 g/mol. The number of halogens is 3. The molecule has 1 aliphatic carbocycles. The van der Waals surface area contributed by atoms with Crippen molar-refractivity contribution in [1.82, 2.24) is 10.2 Å². The molecule has 1 heterocycles. The van der Waals surface area contributed by atoms with Gasteiger partial charge in [-0.05, 0) is 80.1 Å². The van der Waals surface area contributed by atoms with Crippen molar-refractivity contribution in [3.63, 3.8) is 0 Å². The van der Waals surface area contributed by atoms with Crippen LogP contribution in [0.3, 0.4) is 0 Å². The minimum Gasteiger partial charge on any atom is -0.493 e. The van der Waals surface area contributed by atoms with E-state index >= 15 is 0 Å². The molecule has 0 unspecified atom stereocenters. The van der Waals surface area contributed by atoms with Gasteiger partial charge in [0, 0.05) is 23.2 Å². The average Bonchev–Trinajstić information content (AvgIpc) is 3.24. The molecule has 0 spiro atoms. The first kappa shape index (κ1) is 32.0. The summed E-state index contributed by atoms with van der Waals surface area (Å²) in [5, 5.41) is 13.4. The second kappa shape index (κ2) is 12.6. The molecule has 1 saturated heterocycles. The fourth-order valence-electron chi connectivity index (χ4n) is 5.80. The number of aliphatic carboxylic acids is 1. The number of urea groups is 1. The van der Waals surface area contributed by atoms with Crippen LogP contribution in [0, 0.1) is 0 Å². The normalized spacial score (nSPS) is 22.6. The zero-order valence-electron chi connectivity index (χ0n) is 24.4. The van der Waals surface area contributed by atoms with E-state index in [4.69, 9.17) is 19.4 Å². The fourth-order valence-corrected chi connectivity index (χ4v) is 5.80. The monoisotopic (exact) mass is 579 g/mol. The number of amides is 2. The van der Waals surface area contributed by atoms with Gasteiger partial charge in [0.05, 0.1) is 14.2 Å². The van der Waals surface area contributed by atoms with Crippen molar-refractivity contribution in [2.24, 2.45) is 0 Å². The summed E-state index contributed by atoms with van der Waals surface area (Å²) in [4.78, 5) is 24.1. The predicted octanol–water partition coefficient (Wildman–Crippen LogP) is 5.95. The Bertz CT molecular complexity index is 1210. The molecule has 2 aromatic carbocycles. The van der Waals surface area contributed by atoms with Crippen LogP contribution in [0.2, 0.25) is 0 Å². The number of nitrogens with one attached hydrogen (secondary N) is 2. The molecule has 1 aliphatic heterocycles. The lowest BCUT2D eigenvalue weighted by atomic mass is 9.65. The van der Waals surface area contributed by atoms with Crippen LogP contribution in [0.4, 0.5) is 23.7 Å². The molecule has 41 heavy (non-hydrogen) atoms. The summed E-state index contributed by atoms with van der Waals surface area (Å²) in [6.07, 6.45) is -1.05. The lowest BCUT2D eigenvalue weighted by Gasteiger charge is -2.45. The number of benzene rings is 2. The number of hydrogen-bond acceptors (Lipinski definition) is 5. The van der Waals surface area contributed by atoms with Gasteiger partial charge in [-0.2, -0.15) is 13.2 Å². The molecule has 2 aromatic rings. The van der Waals surface area contributed by atoms with E-state index in [2.05, 4.69) is 67.6 Å². The highest BCUT2D eigenvalue weighted by molar-refractivity contribution is 5.89. The number of carbonyl (C=O) groups is 2. The number of likely N-dealkylation sites (N-methyl/N-ethyl adjacent to an activating group) is 1. The highest BCUT2D eigenvalue weighted by Gasteiger charge is 2.50. The van der Waals surface area contributed by atoms with Crippen molar-refractivity contribution in [1.29, 1.82) is 0 Å². The minimum atomic E-state index is -5.08. The van der Waals surface area contributed by atoms with Gasteiger partial charge >= 0.3 is 18.2 Å². The molecule has 226 valence electrons. The van der Waals surface area contributed by atoms with Crippen molar-refractivity contribution in [2.45, 2.75) is 75.5 Å². The smallest absolute Gasteiger partial charge is 0.490 e. The Labute approximate surface area is 239 Å². The van der Waals surface area contributed by atoms with E-state index < -0.39 is 12.1 Å². The van der Waals surface area contributed by atoms with Gasteiger partial charge in [0.15, 0.2) is 11.5 Å². The van der Waals surface area contributed by atoms with E-state index in [1.807, 2.05) is 18.2 Å². The number of anilines is 1. The topological polar surface area (TPSA) is 100 Å². The largest absolute Gasteiger partial charge is 0.493 e. The summed E-state index contributed by atoms with van der Waals surface area (Å²) >= 11 is 0. The molecular weight excluding hydrogens is 539 g/mol. The molecule has 2 fully saturated rings. The third kappa shape index (κ3) is 7.63. The van der Waals surface area contributed by atoms with Crippen molar-refractivity contribution >= 4 is 17.7 Å². The molecule has 11 heteroatoms. The number of carboxylic acid groups (broad SMARTS) is 1. The van der Waals surface area contributed by atoms with Crippen molar-refractivity contribution in [3.05, 3.63) is 53.6 Å². The highest BCUT2D eigenvalue weighted by atomic mass is 19.4. The summed E-state index contributed by atoms with van der Waals surface area (Å²) in [6.45, 7) is 7.62. The van der Waals surface area contributed by atoms with Gasteiger partial charge in [0.2, 0.25) is 0 Å². The third-order valence-corrected chi connectivity index (χ3v) is 8.07. The number of methoxy groups -OCH3 is 2. The summed E-state index contributed by atoms with van der Waals surface area (Å²) in [6, 6.07) is 14.9. The van der Waals surface area contributed by atoms with Crippen LogP contribution in [-0.4, -0.2) is 68.1 Å². The van der Waals surface area contributed by atoms with Crippen LogP contribution < -0.4 is 20.1 Å². The lowest BCUT2D eigenvalue weighted by molar-refractivity contribution is -0.192. The SMILES string of the molecule is COc1ccc([C@@]23CC[C@@H](NC(=O)Nc4ccc(C(C)(C)C)cc4)C[C@@H]2N(C)CC3)cc1OC.O=C(O)C(F)(F)F. The Morgan fingerprint density at radius 3 is 2.15 bits per heavy atom. The number of nitrogens with zero attached hydrogens (tertiary/aromatic N) is 1. The number of rotatable bonds is 5. The summed E-state index contributed by atoms with van der Waals surface area (Å²) in [7, 11) is 5.56. The number of alkyl halides is 3. The van der Waals surface area contributed by atoms with Crippen LogP contribution in [0.5, 0.6) is 11.5 Å². The standard InChI is InChI=1S/C28H39N3O3.C2HF3O2/c1-27(2,3)19-7-10-21(11-8-19)29-26(32)30-22-13-14-28(15-16-31(4)25(28)18-22)20-9-12-23(33-5)24(17-20)34-6;3-2(4,5)1(6)7/h7-12,17,22,25H,13-16,18H2,1-6H3,(H2,29,30,32);(H,6,7)/t22-,25+,28+;/m1./s1. The van der Waals surface area contributed by atoms with Crippen LogP contribution in [0.1, 0.15) is 57.6 Å². The second-order valence-corrected chi connectivity index (χ2v) is 11.7. The predicted molar refractivity (Wildman–Crippen MR) is 151 cm³/mol. The van der Waals surface area contributed by atoms with Crippen molar-refractivity contribution < 1.29 is 37.3 Å². The van der Waals surface area contributed by atoms with Gasteiger partial charge in [0.1, 0.15) is 0 Å². The van der Waals surface area contributed by atoms with Crippen LogP contribution in [0.15, 0.2) is 42.5 Å². The minimum absolute atomic E-state index is 0.0751. The molecule has 0 aromatic heterocycles. The second-order valence-electron chi connectivity index (χ2n) is 11.7. The van der Waals surface area contributed by atoms with Crippen molar-refractivity contribution in [2.75, 3.05) is 33.1 Å². The Hall–Kier alpha value is -3.47. The van der Waals surface area contributed by atoms with E-state index in [1.54, 1.807) is 14.2 Å². The Kier molecular flexibility index (Phi) is 9.84. The van der Waals surface area contributed by atoms with E-state index in [-0.39, 0.29) is 22.9 Å². The molecular formula is C30H40F3N3O5. The third-order valence-electron chi connectivity index (χ3n) is 8.07. The van der Waals surface area contributed by atoms with Gasteiger partial charge in [-0.1, -0.05) is 39.0 Å². The molecule has 0 bridgehead atoms. The molecule has 0 radical (unpaired) electrons. The van der Waals surface area contributed by atoms with Gasteiger partial charge < -0.3 is 30.1 Å². The first-order chi connectivity index (χ1) is 19.1. The molecule has 8 nitrogen and oxygen atoms in total. The zero-order chi connectivity index (χ0) is 30.6. The molecule has 1 saturated carbocycles. The number of fused-ring (bicyclic) bond motifs is 1. The maximum absolute atomic E-state index is 12.8. The molecule has 3 N–H and O–H groups in total. The number of hydrogen-bond donors (Lipinski definition) is 3. The Morgan fingerprint density at radius 1 is 1.00 bits per heavy atom. The lowest BCUT2D eigenvalue weighted by Crippen LogP contribution is -2.52. The fraction of sp³-hybridized carbons (Fsp3) is 0.533.